The van der Waals surface area contributed by atoms with Crippen LogP contribution in [0.1, 0.15) is 16.2 Å². The van der Waals surface area contributed by atoms with Crippen molar-refractivity contribution < 1.29 is 19.0 Å². The van der Waals surface area contributed by atoms with E-state index >= 15 is 0 Å². The van der Waals surface area contributed by atoms with E-state index in [2.05, 4.69) is 46.6 Å². The summed E-state index contributed by atoms with van der Waals surface area (Å²) in [5.74, 6) is -2.66. The molecule has 23 heavy (non-hydrogen) atoms. The summed E-state index contributed by atoms with van der Waals surface area (Å²) in [6.07, 6.45) is 1.17. The van der Waals surface area contributed by atoms with Crippen LogP contribution in [-0.4, -0.2) is 38.8 Å². The number of benzene rings is 1. The third-order valence-electron chi connectivity index (χ3n) is 2.66. The largest absolute Gasteiger partial charge is 0.505 e. The molecule has 0 aliphatic rings. The van der Waals surface area contributed by atoms with Crippen LogP contribution >= 0.6 is 15.9 Å². The lowest BCUT2D eigenvalue weighted by Gasteiger charge is -2.11. The minimum atomic E-state index is -1.05. The molecule has 0 bridgehead atoms. The number of H-pyrrole nitrogens is 1. The number of nitriles is 1. The van der Waals surface area contributed by atoms with Crippen LogP contribution in [0.2, 0.25) is 0 Å². The zero-order valence-electron chi connectivity index (χ0n) is 11.5. The summed E-state index contributed by atoms with van der Waals surface area (Å²) in [5, 5.41) is 34.4. The van der Waals surface area contributed by atoms with Gasteiger partial charge in [-0.3, -0.25) is 0 Å². The number of hydrogen-bond acceptors (Lipinski definition) is 8. The van der Waals surface area contributed by atoms with E-state index in [0.717, 1.165) is 7.11 Å². The molecule has 0 aliphatic heterocycles. The Labute approximate surface area is 136 Å². The van der Waals surface area contributed by atoms with Crippen LogP contribution in [0.4, 0.5) is 10.1 Å². The van der Waals surface area contributed by atoms with E-state index in [4.69, 9.17) is 5.26 Å². The van der Waals surface area contributed by atoms with Gasteiger partial charge in [0, 0.05) is 6.20 Å². The van der Waals surface area contributed by atoms with Gasteiger partial charge in [0.25, 0.3) is 0 Å². The standard InChI is InChI=1S/C12H8BrFN6O3/c1-23-12(22)8-9(14)6(13)2-7(10(8)21)16-4-5(3-15)11-17-19-20-18-11/h2,4,16,21H,1H3,(H,17,18,19,20). The van der Waals surface area contributed by atoms with E-state index in [1.54, 1.807) is 0 Å². The summed E-state index contributed by atoms with van der Waals surface area (Å²) < 4.78 is 18.3. The van der Waals surface area contributed by atoms with Crippen molar-refractivity contribution in [2.75, 3.05) is 12.4 Å². The van der Waals surface area contributed by atoms with Crippen molar-refractivity contribution in [3.05, 3.63) is 33.9 Å². The molecule has 0 radical (unpaired) electrons. The first-order chi connectivity index (χ1) is 11.0. The predicted octanol–water partition coefficient (Wildman–Crippen LogP) is 1.57. The van der Waals surface area contributed by atoms with E-state index in [1.165, 1.54) is 12.3 Å². The van der Waals surface area contributed by atoms with Gasteiger partial charge in [0.1, 0.15) is 17.2 Å². The number of tetrazole rings is 1. The van der Waals surface area contributed by atoms with E-state index in [9.17, 15) is 14.3 Å². The Morgan fingerprint density at radius 1 is 1.65 bits per heavy atom. The van der Waals surface area contributed by atoms with Gasteiger partial charge in [-0.15, -0.1) is 10.2 Å². The van der Waals surface area contributed by atoms with Crippen LogP contribution in [0.25, 0.3) is 5.57 Å². The maximum absolute atomic E-state index is 13.9. The van der Waals surface area contributed by atoms with Crippen molar-refractivity contribution in [3.63, 3.8) is 0 Å². The SMILES string of the molecule is COC(=O)c1c(O)c(NC=C(C#N)c2nn[nH]n2)cc(Br)c1F. The average molecular weight is 383 g/mol. The van der Waals surface area contributed by atoms with Crippen LogP contribution in [0.5, 0.6) is 5.75 Å². The Balaban J connectivity index is 2.43. The fourth-order valence-electron chi connectivity index (χ4n) is 1.59. The lowest BCUT2D eigenvalue weighted by molar-refractivity contribution is 0.0592. The molecule has 1 aromatic carbocycles. The van der Waals surface area contributed by atoms with E-state index in [-0.39, 0.29) is 21.6 Å². The van der Waals surface area contributed by atoms with Crippen LogP contribution in [0.15, 0.2) is 16.7 Å². The number of phenols is 1. The lowest BCUT2D eigenvalue weighted by atomic mass is 10.1. The van der Waals surface area contributed by atoms with Crippen molar-refractivity contribution in [1.82, 2.24) is 20.6 Å². The molecule has 0 atom stereocenters. The predicted molar refractivity (Wildman–Crippen MR) is 78.5 cm³/mol. The number of phenolic OH excluding ortho intramolecular Hbond substituents is 1. The zero-order valence-corrected chi connectivity index (χ0v) is 13.0. The van der Waals surface area contributed by atoms with Gasteiger partial charge in [-0.1, -0.05) is 0 Å². The number of hydrogen-bond donors (Lipinski definition) is 3. The van der Waals surface area contributed by atoms with Crippen molar-refractivity contribution in [2.45, 2.75) is 0 Å². The number of rotatable bonds is 4. The second kappa shape index (κ2) is 6.84. The first-order valence-corrected chi connectivity index (χ1v) is 6.68. The number of nitrogens with zero attached hydrogens (tertiary/aromatic N) is 4. The molecular formula is C12H8BrFN6O3. The summed E-state index contributed by atoms with van der Waals surface area (Å²) in [6.45, 7) is 0. The highest BCUT2D eigenvalue weighted by Gasteiger charge is 2.23. The van der Waals surface area contributed by atoms with Gasteiger partial charge >= 0.3 is 5.97 Å². The Morgan fingerprint density at radius 2 is 2.39 bits per heavy atom. The number of aromatic amines is 1. The molecule has 0 amide bonds. The summed E-state index contributed by atoms with van der Waals surface area (Å²) in [7, 11) is 1.05. The van der Waals surface area contributed by atoms with E-state index < -0.39 is 23.1 Å². The van der Waals surface area contributed by atoms with Crippen molar-refractivity contribution in [1.29, 1.82) is 5.26 Å². The number of ether oxygens (including phenoxy) is 1. The van der Waals surface area contributed by atoms with Crippen LogP contribution < -0.4 is 5.32 Å². The summed E-state index contributed by atoms with van der Waals surface area (Å²) in [4.78, 5) is 11.6. The third kappa shape index (κ3) is 3.27. The molecule has 3 N–H and O–H groups in total. The number of anilines is 1. The Morgan fingerprint density at radius 3 is 2.96 bits per heavy atom. The van der Waals surface area contributed by atoms with Gasteiger partial charge in [-0.05, 0) is 27.2 Å². The second-order valence-electron chi connectivity index (χ2n) is 3.98. The molecule has 0 aliphatic carbocycles. The molecule has 0 spiro atoms. The minimum Gasteiger partial charge on any atom is -0.505 e. The van der Waals surface area contributed by atoms with Crippen molar-refractivity contribution in [2.24, 2.45) is 0 Å². The fraction of sp³-hybridized carbons (Fsp3) is 0.0833. The second-order valence-corrected chi connectivity index (χ2v) is 4.84. The maximum atomic E-state index is 13.9. The first-order valence-electron chi connectivity index (χ1n) is 5.89. The molecular weight excluding hydrogens is 375 g/mol. The molecule has 0 unspecified atom stereocenters. The Bertz CT molecular complexity index is 815. The highest BCUT2D eigenvalue weighted by Crippen LogP contribution is 2.35. The van der Waals surface area contributed by atoms with E-state index in [1.807, 2.05) is 6.07 Å². The Kier molecular flexibility index (Phi) is 4.87. The molecule has 2 rings (SSSR count). The number of aromatic nitrogens is 4. The molecule has 0 saturated heterocycles. The molecule has 2 aromatic rings. The highest BCUT2D eigenvalue weighted by molar-refractivity contribution is 9.10. The summed E-state index contributed by atoms with van der Waals surface area (Å²) in [5.41, 5.74) is -0.677. The van der Waals surface area contributed by atoms with Gasteiger partial charge in [-0.25, -0.2) is 9.18 Å². The number of carbonyl (C=O) groups is 1. The average Bonchev–Trinajstić information content (AvgIpc) is 3.07. The lowest BCUT2D eigenvalue weighted by Crippen LogP contribution is -2.07. The molecule has 11 heteroatoms. The number of aromatic hydroxyl groups is 1. The number of nitrogens with one attached hydrogen (secondary N) is 2. The molecule has 1 heterocycles. The van der Waals surface area contributed by atoms with Crippen LogP contribution in [-0.2, 0) is 4.74 Å². The topological polar surface area (TPSA) is 137 Å². The number of carbonyl (C=O) groups excluding carboxylic acids is 1. The number of allylic oxidation sites excluding steroid dienone is 1. The van der Waals surface area contributed by atoms with Crippen LogP contribution in [0.3, 0.4) is 0 Å². The quantitative estimate of drug-likeness (QED) is 0.411. The van der Waals surface area contributed by atoms with Gasteiger partial charge in [0.05, 0.1) is 17.3 Å². The molecule has 0 fully saturated rings. The molecule has 1 aromatic heterocycles. The number of halogens is 2. The minimum absolute atomic E-state index is 0.00165. The monoisotopic (exact) mass is 382 g/mol. The van der Waals surface area contributed by atoms with Gasteiger partial charge in [0.15, 0.2) is 11.6 Å². The van der Waals surface area contributed by atoms with Gasteiger partial charge < -0.3 is 15.2 Å². The summed E-state index contributed by atoms with van der Waals surface area (Å²) >= 11 is 2.93. The molecule has 118 valence electrons. The third-order valence-corrected chi connectivity index (χ3v) is 3.24. The summed E-state index contributed by atoms with van der Waals surface area (Å²) in [6, 6.07) is 3.02. The van der Waals surface area contributed by atoms with E-state index in [0.29, 0.717) is 0 Å². The van der Waals surface area contributed by atoms with Gasteiger partial charge in [-0.2, -0.15) is 10.5 Å². The molecule has 0 saturated carbocycles. The fourth-order valence-corrected chi connectivity index (χ4v) is 2.01. The normalized spacial score (nSPS) is 11.0. The maximum Gasteiger partial charge on any atom is 0.344 e. The first kappa shape index (κ1) is 16.4. The van der Waals surface area contributed by atoms with Crippen LogP contribution in [0, 0.1) is 17.1 Å². The smallest absolute Gasteiger partial charge is 0.344 e. The van der Waals surface area contributed by atoms with Gasteiger partial charge in [0.2, 0.25) is 5.82 Å². The van der Waals surface area contributed by atoms with Crippen molar-refractivity contribution in [3.8, 4) is 11.8 Å². The highest BCUT2D eigenvalue weighted by atomic mass is 79.9. The molecule has 9 nitrogen and oxygen atoms in total. The number of esters is 1. The Hall–Kier alpha value is -3.00. The number of methoxy groups -OCH3 is 1. The zero-order chi connectivity index (χ0) is 17.0. The van der Waals surface area contributed by atoms with Crippen molar-refractivity contribution >= 4 is 33.2 Å².